The molecule has 0 aliphatic heterocycles. The van der Waals surface area contributed by atoms with Gasteiger partial charge in [0.2, 0.25) is 0 Å². The largest absolute Gasteiger partial charge is 0.394 e. The number of hydrogen-bond acceptors (Lipinski definition) is 6. The fourth-order valence-corrected chi connectivity index (χ4v) is 0.279. The van der Waals surface area contributed by atoms with E-state index in [0.717, 1.165) is 0 Å². The van der Waals surface area contributed by atoms with E-state index in [-0.39, 0.29) is 6.61 Å². The Hall–Kier alpha value is -0.920. The minimum atomic E-state index is -0.984. The first-order chi connectivity index (χ1) is 4.70. The van der Waals surface area contributed by atoms with E-state index in [1.807, 2.05) is 0 Å². The molecule has 1 atom stereocenters. The van der Waals surface area contributed by atoms with Crippen LogP contribution in [0.2, 0.25) is 0 Å². The molecule has 1 unspecified atom stereocenters. The highest BCUT2D eigenvalue weighted by Crippen LogP contribution is 1.87. The second-order valence-corrected chi connectivity index (χ2v) is 1.46. The average molecular weight is 152 g/mol. The second-order valence-electron chi connectivity index (χ2n) is 1.46. The van der Waals surface area contributed by atoms with Crippen LogP contribution in [0.3, 0.4) is 0 Å². The minimum absolute atomic E-state index is 0.361. The van der Waals surface area contributed by atoms with Gasteiger partial charge in [-0.2, -0.15) is 0 Å². The van der Waals surface area contributed by atoms with Crippen molar-refractivity contribution in [2.75, 3.05) is 13.2 Å². The van der Waals surface area contributed by atoms with Gasteiger partial charge in [-0.15, -0.1) is 10.1 Å². The molecule has 0 saturated heterocycles. The summed E-state index contributed by atoms with van der Waals surface area (Å²) in [7, 11) is 0. The van der Waals surface area contributed by atoms with Gasteiger partial charge in [-0.25, -0.2) is 5.90 Å². The summed E-state index contributed by atoms with van der Waals surface area (Å²) in [5, 5.41) is 16.9. The van der Waals surface area contributed by atoms with Crippen LogP contribution in [0.15, 0.2) is 0 Å². The lowest BCUT2D eigenvalue weighted by Gasteiger charge is -2.08. The fourth-order valence-electron chi connectivity index (χ4n) is 0.279. The smallest absolute Gasteiger partial charge is 0.294 e. The third-order valence-electron chi connectivity index (χ3n) is 0.762. The van der Waals surface area contributed by atoms with Crippen molar-refractivity contribution < 1.29 is 19.9 Å². The summed E-state index contributed by atoms with van der Waals surface area (Å²) in [4.78, 5) is 17.5. The minimum Gasteiger partial charge on any atom is -0.394 e. The quantitative estimate of drug-likeness (QED) is 0.364. The number of rotatable bonds is 5. The lowest BCUT2D eigenvalue weighted by molar-refractivity contribution is -0.759. The van der Waals surface area contributed by atoms with Crippen LogP contribution in [0, 0.1) is 10.1 Å². The first-order valence-electron chi connectivity index (χ1n) is 2.44. The molecular weight excluding hydrogens is 144 g/mol. The molecule has 0 saturated carbocycles. The third kappa shape index (κ3) is 4.01. The summed E-state index contributed by atoms with van der Waals surface area (Å²) >= 11 is 0. The van der Waals surface area contributed by atoms with Crippen molar-refractivity contribution >= 4 is 0 Å². The highest BCUT2D eigenvalue weighted by Gasteiger charge is 2.07. The number of nitrogens with zero attached hydrogens (tertiary/aromatic N) is 1. The summed E-state index contributed by atoms with van der Waals surface area (Å²) in [6.45, 7) is -0.773. The Balaban J connectivity index is 3.34. The molecule has 0 radical (unpaired) electrons. The summed E-state index contributed by atoms with van der Waals surface area (Å²) < 4.78 is 0. The van der Waals surface area contributed by atoms with Crippen molar-refractivity contribution in [3.63, 3.8) is 0 Å². The summed E-state index contributed by atoms with van der Waals surface area (Å²) in [5.41, 5.74) is 0. The molecule has 0 bridgehead atoms. The first kappa shape index (κ1) is 9.08. The molecule has 0 aliphatic rings. The molecule has 0 aromatic carbocycles. The molecule has 0 aliphatic carbocycles. The number of aliphatic hydroxyl groups excluding tert-OH is 1. The van der Waals surface area contributed by atoms with Crippen molar-refractivity contribution in [2.45, 2.75) is 6.10 Å². The third-order valence-corrected chi connectivity index (χ3v) is 0.762. The molecular formula is C3H8N2O5. The van der Waals surface area contributed by atoms with Gasteiger partial charge in [0.1, 0.15) is 12.7 Å². The average Bonchev–Trinajstić information content (AvgIpc) is 1.90. The fraction of sp³-hybridized carbons (Fsp3) is 1.00. The SMILES string of the molecule is NOC(CO)CO[N+](=O)[O-]. The zero-order chi connectivity index (χ0) is 7.98. The maximum absolute atomic E-state index is 9.54. The van der Waals surface area contributed by atoms with E-state index in [1.54, 1.807) is 0 Å². The Labute approximate surface area is 56.4 Å². The van der Waals surface area contributed by atoms with Crippen molar-refractivity contribution in [3.05, 3.63) is 10.1 Å². The molecule has 60 valence electrons. The molecule has 0 aromatic heterocycles. The normalized spacial score (nSPS) is 12.6. The van der Waals surface area contributed by atoms with E-state index >= 15 is 0 Å². The molecule has 0 amide bonds. The maximum atomic E-state index is 9.54. The lowest BCUT2D eigenvalue weighted by Crippen LogP contribution is -2.28. The predicted octanol–water partition coefficient (Wildman–Crippen LogP) is -1.55. The Morgan fingerprint density at radius 2 is 2.40 bits per heavy atom. The van der Waals surface area contributed by atoms with Crippen molar-refractivity contribution in [1.82, 2.24) is 0 Å². The van der Waals surface area contributed by atoms with Crippen LogP contribution in [-0.4, -0.2) is 29.5 Å². The Bertz CT molecular complexity index is 103. The van der Waals surface area contributed by atoms with Crippen molar-refractivity contribution in [2.24, 2.45) is 5.90 Å². The van der Waals surface area contributed by atoms with E-state index < -0.39 is 17.8 Å². The summed E-state index contributed by atoms with van der Waals surface area (Å²) in [6, 6.07) is 0. The molecule has 10 heavy (non-hydrogen) atoms. The monoisotopic (exact) mass is 152 g/mol. The zero-order valence-electron chi connectivity index (χ0n) is 5.10. The van der Waals surface area contributed by atoms with E-state index in [0.29, 0.717) is 0 Å². The Kier molecular flexibility index (Phi) is 4.46. The molecule has 7 heteroatoms. The predicted molar refractivity (Wildman–Crippen MR) is 29.1 cm³/mol. The van der Waals surface area contributed by atoms with Gasteiger partial charge >= 0.3 is 0 Å². The van der Waals surface area contributed by atoms with E-state index in [2.05, 4.69) is 15.6 Å². The number of hydrogen-bond donors (Lipinski definition) is 2. The highest BCUT2D eigenvalue weighted by atomic mass is 17.0. The van der Waals surface area contributed by atoms with Gasteiger partial charge in [-0.3, -0.25) is 4.84 Å². The van der Waals surface area contributed by atoms with Gasteiger partial charge in [0, 0.05) is 0 Å². The standard InChI is InChI=1S/C3H8N2O5/c4-10-3(1-6)2-9-5(7)8/h3,6H,1-2,4H2. The number of nitrogens with two attached hydrogens (primary N) is 1. The second kappa shape index (κ2) is 4.91. The van der Waals surface area contributed by atoms with Crippen molar-refractivity contribution in [1.29, 1.82) is 0 Å². The molecule has 0 rings (SSSR count). The van der Waals surface area contributed by atoms with Gasteiger partial charge in [0.25, 0.3) is 5.09 Å². The van der Waals surface area contributed by atoms with E-state index in [4.69, 9.17) is 5.11 Å². The molecule has 0 aromatic rings. The van der Waals surface area contributed by atoms with Crippen LogP contribution in [0.4, 0.5) is 0 Å². The molecule has 7 nitrogen and oxygen atoms in total. The zero-order valence-corrected chi connectivity index (χ0v) is 5.10. The highest BCUT2D eigenvalue weighted by molar-refractivity contribution is 4.48. The molecule has 0 spiro atoms. The van der Waals surface area contributed by atoms with Crippen LogP contribution >= 0.6 is 0 Å². The summed E-state index contributed by atoms with van der Waals surface area (Å²) in [5.74, 6) is 4.61. The topological polar surface area (TPSA) is 108 Å². The Morgan fingerprint density at radius 1 is 1.80 bits per heavy atom. The lowest BCUT2D eigenvalue weighted by atomic mass is 10.4. The summed E-state index contributed by atoms with van der Waals surface area (Å²) in [6.07, 6.45) is -0.842. The van der Waals surface area contributed by atoms with Crippen LogP contribution in [-0.2, 0) is 9.68 Å². The molecule has 3 N–H and O–H groups in total. The van der Waals surface area contributed by atoms with Crippen LogP contribution in [0.1, 0.15) is 0 Å². The van der Waals surface area contributed by atoms with Crippen LogP contribution in [0.5, 0.6) is 0 Å². The van der Waals surface area contributed by atoms with Gasteiger partial charge in [0.15, 0.2) is 0 Å². The van der Waals surface area contributed by atoms with Gasteiger partial charge in [-0.05, 0) is 0 Å². The number of aliphatic hydroxyl groups is 1. The maximum Gasteiger partial charge on any atom is 0.294 e. The van der Waals surface area contributed by atoms with E-state index in [1.165, 1.54) is 0 Å². The van der Waals surface area contributed by atoms with Crippen molar-refractivity contribution in [3.8, 4) is 0 Å². The molecule has 0 fully saturated rings. The van der Waals surface area contributed by atoms with Crippen LogP contribution in [0.25, 0.3) is 0 Å². The first-order valence-corrected chi connectivity index (χ1v) is 2.44. The van der Waals surface area contributed by atoms with E-state index in [9.17, 15) is 10.1 Å². The van der Waals surface area contributed by atoms with Gasteiger partial charge < -0.3 is 9.94 Å². The van der Waals surface area contributed by atoms with Gasteiger partial charge in [0.05, 0.1) is 6.61 Å². The van der Waals surface area contributed by atoms with Gasteiger partial charge in [-0.1, -0.05) is 0 Å². The molecule has 0 heterocycles. The van der Waals surface area contributed by atoms with Crippen LogP contribution < -0.4 is 5.90 Å². The Morgan fingerprint density at radius 3 is 2.70 bits per heavy atom.